The third kappa shape index (κ3) is 4.44. The summed E-state index contributed by atoms with van der Waals surface area (Å²) < 4.78 is 37.3. The number of ether oxygens (including phenoxy) is 6. The van der Waals surface area contributed by atoms with Gasteiger partial charge in [-0.3, -0.25) is 24.0 Å². The lowest BCUT2D eigenvalue weighted by Gasteiger charge is -2.20. The van der Waals surface area contributed by atoms with Gasteiger partial charge in [0.2, 0.25) is 0 Å². The molecule has 3 aliphatic heterocycles. The summed E-state index contributed by atoms with van der Waals surface area (Å²) in [6.45, 7) is 3.79. The Morgan fingerprint density at radius 2 is 1.33 bits per heavy atom. The summed E-state index contributed by atoms with van der Waals surface area (Å²) >= 11 is 0. The van der Waals surface area contributed by atoms with Gasteiger partial charge in [-0.2, -0.15) is 0 Å². The first kappa shape index (κ1) is 22.1. The molecule has 4 heterocycles. The average molecular weight is 453 g/mol. The van der Waals surface area contributed by atoms with E-state index in [1.165, 1.54) is 31.3 Å². The van der Waals surface area contributed by atoms with Crippen molar-refractivity contribution in [3.8, 4) is 23.7 Å². The van der Waals surface area contributed by atoms with E-state index in [-0.39, 0.29) is 30.9 Å². The lowest BCUT2D eigenvalue weighted by molar-refractivity contribution is -0.277. The molecule has 2 amide bonds. The summed E-state index contributed by atoms with van der Waals surface area (Å²) in [5, 5.41) is 0. The molecular formula is C23H19NO9. The van der Waals surface area contributed by atoms with Crippen LogP contribution in [0.25, 0.3) is 0 Å². The number of carbonyl (C=O) groups excluding carboxylic acids is 2. The second-order valence-electron chi connectivity index (χ2n) is 6.52. The first-order valence-electron chi connectivity index (χ1n) is 10.00. The molecule has 4 rings (SSSR count). The van der Waals surface area contributed by atoms with E-state index in [1.54, 1.807) is 26.0 Å². The van der Waals surface area contributed by atoms with Crippen LogP contribution in [0, 0.1) is 23.7 Å². The van der Waals surface area contributed by atoms with Gasteiger partial charge < -0.3 is 23.4 Å². The van der Waals surface area contributed by atoms with E-state index in [9.17, 15) is 9.59 Å². The Kier molecular flexibility index (Phi) is 6.13. The Bertz CT molecular complexity index is 1050. The molecule has 0 bridgehead atoms. The summed E-state index contributed by atoms with van der Waals surface area (Å²) in [5.74, 6) is 6.16. The molecular weight excluding hydrogens is 434 g/mol. The highest BCUT2D eigenvalue weighted by Crippen LogP contribution is 2.26. The minimum atomic E-state index is -1.73. The highest BCUT2D eigenvalue weighted by Gasteiger charge is 2.41. The van der Waals surface area contributed by atoms with Crippen molar-refractivity contribution in [2.75, 3.05) is 13.2 Å². The molecule has 0 saturated carbocycles. The summed E-state index contributed by atoms with van der Waals surface area (Å²) in [6.07, 6.45) is 6.49. The Labute approximate surface area is 189 Å². The lowest BCUT2D eigenvalue weighted by atomic mass is 10.1. The van der Waals surface area contributed by atoms with Crippen LogP contribution in [0.15, 0.2) is 59.0 Å². The molecule has 0 atom stereocenters. The zero-order chi connectivity index (χ0) is 23.3. The molecule has 0 unspecified atom stereocenters. The third-order valence-corrected chi connectivity index (χ3v) is 4.42. The van der Waals surface area contributed by atoms with E-state index >= 15 is 0 Å². The maximum absolute atomic E-state index is 13.1. The quantitative estimate of drug-likeness (QED) is 0.471. The SMILES string of the molecule is CCOC1(C#CC2=C(C#CC3(OCC)OC=CO3)C(=O)N(Cc3ccco3)C2=O)OC=CO1. The molecule has 33 heavy (non-hydrogen) atoms. The summed E-state index contributed by atoms with van der Waals surface area (Å²) in [7, 11) is 0. The van der Waals surface area contributed by atoms with Gasteiger partial charge in [0.05, 0.1) is 26.0 Å². The Morgan fingerprint density at radius 3 is 1.73 bits per heavy atom. The van der Waals surface area contributed by atoms with Crippen molar-refractivity contribution in [2.24, 2.45) is 0 Å². The van der Waals surface area contributed by atoms with E-state index in [4.69, 9.17) is 32.8 Å². The molecule has 10 nitrogen and oxygen atoms in total. The molecule has 0 radical (unpaired) electrons. The fourth-order valence-electron chi connectivity index (χ4n) is 3.02. The molecule has 10 heteroatoms. The van der Waals surface area contributed by atoms with Gasteiger partial charge in [0.25, 0.3) is 11.8 Å². The van der Waals surface area contributed by atoms with Gasteiger partial charge in [0, 0.05) is 11.8 Å². The Morgan fingerprint density at radius 1 is 0.848 bits per heavy atom. The number of furan rings is 1. The van der Waals surface area contributed by atoms with Crippen molar-refractivity contribution in [3.05, 3.63) is 60.4 Å². The van der Waals surface area contributed by atoms with E-state index in [2.05, 4.69) is 23.7 Å². The van der Waals surface area contributed by atoms with Crippen molar-refractivity contribution < 1.29 is 42.4 Å². The smallest absolute Gasteiger partial charge is 0.443 e. The van der Waals surface area contributed by atoms with Crippen LogP contribution < -0.4 is 0 Å². The average Bonchev–Trinajstić information content (AvgIpc) is 3.59. The molecule has 170 valence electrons. The fourth-order valence-corrected chi connectivity index (χ4v) is 3.02. The zero-order valence-electron chi connectivity index (χ0n) is 17.8. The molecule has 0 spiro atoms. The molecule has 0 saturated heterocycles. The number of rotatable bonds is 6. The lowest BCUT2D eigenvalue weighted by Crippen LogP contribution is -2.32. The number of amides is 2. The van der Waals surface area contributed by atoms with Gasteiger partial charge in [0.1, 0.15) is 42.0 Å². The fraction of sp³-hybridized carbons (Fsp3) is 0.304. The van der Waals surface area contributed by atoms with Crippen LogP contribution in [-0.4, -0.2) is 41.9 Å². The topological polar surface area (TPSA) is 106 Å². The van der Waals surface area contributed by atoms with Crippen LogP contribution in [0.5, 0.6) is 0 Å². The number of hydrogen-bond acceptors (Lipinski definition) is 9. The van der Waals surface area contributed by atoms with Gasteiger partial charge in [-0.25, -0.2) is 0 Å². The number of nitrogens with zero attached hydrogens (tertiary/aromatic N) is 1. The maximum atomic E-state index is 13.1. The van der Waals surface area contributed by atoms with Crippen LogP contribution in [0.3, 0.4) is 0 Å². The van der Waals surface area contributed by atoms with E-state index < -0.39 is 23.8 Å². The van der Waals surface area contributed by atoms with Crippen LogP contribution in [0.2, 0.25) is 0 Å². The summed E-state index contributed by atoms with van der Waals surface area (Å²) in [5.41, 5.74) is -0.343. The van der Waals surface area contributed by atoms with Crippen molar-refractivity contribution in [2.45, 2.75) is 32.3 Å². The molecule has 1 aromatic rings. The highest BCUT2D eigenvalue weighted by molar-refractivity contribution is 6.23. The van der Waals surface area contributed by atoms with Crippen molar-refractivity contribution in [3.63, 3.8) is 0 Å². The van der Waals surface area contributed by atoms with Crippen molar-refractivity contribution in [1.82, 2.24) is 4.90 Å². The normalized spacial score (nSPS) is 19.3. The van der Waals surface area contributed by atoms with Crippen LogP contribution >= 0.6 is 0 Å². The minimum absolute atomic E-state index is 0.0999. The van der Waals surface area contributed by atoms with E-state index in [0.717, 1.165) is 4.90 Å². The van der Waals surface area contributed by atoms with Crippen molar-refractivity contribution in [1.29, 1.82) is 0 Å². The van der Waals surface area contributed by atoms with E-state index in [0.29, 0.717) is 5.76 Å². The van der Waals surface area contributed by atoms with Gasteiger partial charge in [-0.1, -0.05) is 0 Å². The Balaban J connectivity index is 1.71. The number of carbonyl (C=O) groups is 2. The standard InChI is InChI=1S/C23H19NO9/c1-3-28-22(30-12-13-31-22)9-7-18-19(8-10-23(29-4-2)32-14-15-33-23)21(26)24(20(18)25)16-17-6-5-11-27-17/h5-6,11-15H,3-4,16H2,1-2H3. The van der Waals surface area contributed by atoms with Gasteiger partial charge >= 0.3 is 11.9 Å². The summed E-state index contributed by atoms with van der Waals surface area (Å²) in [6, 6.07) is 3.29. The predicted molar refractivity (Wildman–Crippen MR) is 108 cm³/mol. The van der Waals surface area contributed by atoms with Crippen LogP contribution in [0.4, 0.5) is 0 Å². The minimum Gasteiger partial charge on any atom is -0.467 e. The molecule has 0 fully saturated rings. The molecule has 1 aromatic heterocycles. The Hall–Kier alpha value is -4.12. The summed E-state index contributed by atoms with van der Waals surface area (Å²) in [4.78, 5) is 27.2. The van der Waals surface area contributed by atoms with Crippen LogP contribution in [-0.2, 0) is 44.6 Å². The van der Waals surface area contributed by atoms with E-state index in [1.807, 2.05) is 0 Å². The first-order valence-corrected chi connectivity index (χ1v) is 10.00. The second kappa shape index (κ2) is 9.17. The third-order valence-electron chi connectivity index (χ3n) is 4.42. The van der Waals surface area contributed by atoms with Gasteiger partial charge in [0.15, 0.2) is 0 Å². The molecule has 3 aliphatic rings. The number of imide groups is 1. The maximum Gasteiger partial charge on any atom is 0.443 e. The first-order chi connectivity index (χ1) is 16.0. The molecule has 0 aliphatic carbocycles. The number of hydrogen-bond donors (Lipinski definition) is 0. The van der Waals surface area contributed by atoms with Gasteiger partial charge in [-0.05, 0) is 37.8 Å². The predicted octanol–water partition coefficient (Wildman–Crippen LogP) is 1.87. The zero-order valence-corrected chi connectivity index (χ0v) is 17.8. The largest absolute Gasteiger partial charge is 0.467 e. The van der Waals surface area contributed by atoms with Crippen LogP contribution in [0.1, 0.15) is 19.6 Å². The highest BCUT2D eigenvalue weighted by atomic mass is 16.9. The molecule has 0 N–H and O–H groups in total. The monoisotopic (exact) mass is 453 g/mol. The second-order valence-corrected chi connectivity index (χ2v) is 6.52. The van der Waals surface area contributed by atoms with Crippen molar-refractivity contribution >= 4 is 11.8 Å². The molecule has 0 aromatic carbocycles. The van der Waals surface area contributed by atoms with Gasteiger partial charge in [-0.15, -0.1) is 0 Å².